The third-order valence-electron chi connectivity index (χ3n) is 4.83. The lowest BCUT2D eigenvalue weighted by Gasteiger charge is -2.23. The zero-order valence-electron chi connectivity index (χ0n) is 14.7. The van der Waals surface area contributed by atoms with Crippen LogP contribution in [-0.2, 0) is 16.0 Å². The Labute approximate surface area is 165 Å². The van der Waals surface area contributed by atoms with E-state index in [1.807, 2.05) is 0 Å². The van der Waals surface area contributed by atoms with Crippen molar-refractivity contribution in [2.75, 3.05) is 0 Å². The number of piperidine rings is 1. The summed E-state index contributed by atoms with van der Waals surface area (Å²) < 4.78 is 19.8. The predicted molar refractivity (Wildman–Crippen MR) is 101 cm³/mol. The maximum Gasteiger partial charge on any atom is 0.234 e. The van der Waals surface area contributed by atoms with Gasteiger partial charge in [0.05, 0.1) is 23.6 Å². The minimum absolute atomic E-state index is 0.253. The number of benzene rings is 2. The number of hydrogen-bond donors (Lipinski definition) is 1. The van der Waals surface area contributed by atoms with E-state index in [0.29, 0.717) is 39.6 Å². The molecule has 0 radical (unpaired) electrons. The molecule has 4 rings (SSSR count). The van der Waals surface area contributed by atoms with Gasteiger partial charge in [0.2, 0.25) is 11.8 Å². The van der Waals surface area contributed by atoms with Crippen LogP contribution in [-0.4, -0.2) is 16.8 Å². The Balaban J connectivity index is 1.65. The number of rotatable bonds is 4. The quantitative estimate of drug-likeness (QED) is 0.667. The van der Waals surface area contributed by atoms with Gasteiger partial charge in [-0.1, -0.05) is 41.9 Å². The van der Waals surface area contributed by atoms with E-state index in [0.717, 1.165) is 0 Å². The Bertz CT molecular complexity index is 1050. The van der Waals surface area contributed by atoms with E-state index < -0.39 is 11.7 Å². The topological polar surface area (TPSA) is 72.2 Å². The van der Waals surface area contributed by atoms with Crippen molar-refractivity contribution in [2.24, 2.45) is 0 Å². The highest BCUT2D eigenvalue weighted by molar-refractivity contribution is 6.34. The minimum Gasteiger partial charge on any atom is -0.449 e. The summed E-state index contributed by atoms with van der Waals surface area (Å²) in [5.41, 5.74) is 2.33. The molecule has 0 spiro atoms. The maximum absolute atomic E-state index is 14.6. The smallest absolute Gasteiger partial charge is 0.234 e. The number of nitrogens with one attached hydrogen (secondary N) is 1. The van der Waals surface area contributed by atoms with E-state index in [-0.39, 0.29) is 24.7 Å². The first-order valence-electron chi connectivity index (χ1n) is 8.82. The zero-order valence-corrected chi connectivity index (χ0v) is 15.5. The van der Waals surface area contributed by atoms with E-state index in [9.17, 15) is 14.0 Å². The van der Waals surface area contributed by atoms with Gasteiger partial charge >= 0.3 is 0 Å². The summed E-state index contributed by atoms with van der Waals surface area (Å²) in [5, 5.41) is 2.73. The predicted octanol–water partition coefficient (Wildman–Crippen LogP) is 4.25. The van der Waals surface area contributed by atoms with E-state index in [4.69, 9.17) is 16.0 Å². The molecule has 1 unspecified atom stereocenters. The molecular formula is C21H16ClFN2O3. The monoisotopic (exact) mass is 398 g/mol. The molecule has 3 aromatic rings. The fourth-order valence-electron chi connectivity index (χ4n) is 3.39. The number of amides is 2. The second-order valence-corrected chi connectivity index (χ2v) is 7.00. The van der Waals surface area contributed by atoms with Gasteiger partial charge in [0.25, 0.3) is 0 Å². The summed E-state index contributed by atoms with van der Waals surface area (Å²) in [6, 6.07) is 10.2. The number of carbonyl (C=O) groups is 2. The van der Waals surface area contributed by atoms with E-state index in [2.05, 4.69) is 10.3 Å². The van der Waals surface area contributed by atoms with E-state index in [1.165, 1.54) is 18.5 Å². The molecule has 28 heavy (non-hydrogen) atoms. The standard InChI is InChI=1S/C21H16ClFN2O3/c22-20-14(2-1-3-15(20)16-6-7-18(26)25-21(16)27)12-4-5-13(17(23)10-12)11-19-24-8-9-28-19/h1-5,8-10,16H,6-7,11H2,(H,25,26,27). The van der Waals surface area contributed by atoms with Crippen molar-refractivity contribution in [3.8, 4) is 11.1 Å². The van der Waals surface area contributed by atoms with Crippen molar-refractivity contribution >= 4 is 23.4 Å². The van der Waals surface area contributed by atoms with Gasteiger partial charge in [-0.3, -0.25) is 14.9 Å². The van der Waals surface area contributed by atoms with Gasteiger partial charge in [-0.25, -0.2) is 9.37 Å². The number of nitrogens with zero attached hydrogens (tertiary/aromatic N) is 1. The van der Waals surface area contributed by atoms with Gasteiger partial charge in [-0.05, 0) is 29.2 Å². The Hall–Kier alpha value is -2.99. The molecule has 1 aliphatic heterocycles. The average Bonchev–Trinajstić information content (AvgIpc) is 3.17. The molecule has 1 aromatic heterocycles. The second kappa shape index (κ2) is 7.56. The lowest BCUT2D eigenvalue weighted by Crippen LogP contribution is -2.39. The van der Waals surface area contributed by atoms with Gasteiger partial charge in [0.1, 0.15) is 12.1 Å². The van der Waals surface area contributed by atoms with E-state index in [1.54, 1.807) is 30.3 Å². The SMILES string of the molecule is O=C1CCC(c2cccc(-c3ccc(Cc4ncco4)c(F)c3)c2Cl)C(=O)N1. The minimum atomic E-state index is -0.501. The van der Waals surface area contributed by atoms with Gasteiger partial charge in [-0.2, -0.15) is 0 Å². The highest BCUT2D eigenvalue weighted by Crippen LogP contribution is 2.37. The van der Waals surface area contributed by atoms with Crippen LogP contribution in [0.25, 0.3) is 11.1 Å². The zero-order chi connectivity index (χ0) is 19.7. The first-order valence-corrected chi connectivity index (χ1v) is 9.20. The van der Waals surface area contributed by atoms with Crippen molar-refractivity contribution in [1.29, 1.82) is 0 Å². The molecule has 1 aliphatic rings. The first-order chi connectivity index (χ1) is 13.5. The summed E-state index contributed by atoms with van der Waals surface area (Å²) in [5.74, 6) is -1.10. The number of halogens is 2. The summed E-state index contributed by atoms with van der Waals surface area (Å²) in [7, 11) is 0. The normalized spacial score (nSPS) is 16.9. The average molecular weight is 399 g/mol. The van der Waals surface area contributed by atoms with Crippen LogP contribution >= 0.6 is 11.6 Å². The third kappa shape index (κ3) is 3.55. The van der Waals surface area contributed by atoms with Crippen molar-refractivity contribution < 1.29 is 18.4 Å². The lowest BCUT2D eigenvalue weighted by atomic mass is 9.88. The van der Waals surface area contributed by atoms with Crippen LogP contribution in [0.15, 0.2) is 53.3 Å². The van der Waals surface area contributed by atoms with E-state index >= 15 is 0 Å². The van der Waals surface area contributed by atoms with Crippen molar-refractivity contribution in [1.82, 2.24) is 10.3 Å². The molecule has 7 heteroatoms. The highest BCUT2D eigenvalue weighted by Gasteiger charge is 2.30. The Morgan fingerprint density at radius 2 is 2.11 bits per heavy atom. The summed E-state index contributed by atoms with van der Waals surface area (Å²) in [6.07, 6.45) is 3.88. The molecule has 2 amide bonds. The molecular weight excluding hydrogens is 383 g/mol. The second-order valence-electron chi connectivity index (χ2n) is 6.62. The number of carbonyl (C=O) groups excluding carboxylic acids is 2. The molecule has 1 saturated heterocycles. The molecule has 1 N–H and O–H groups in total. The third-order valence-corrected chi connectivity index (χ3v) is 5.25. The Morgan fingerprint density at radius 3 is 2.82 bits per heavy atom. The number of oxazole rings is 1. The van der Waals surface area contributed by atoms with Crippen LogP contribution in [0, 0.1) is 5.82 Å². The van der Waals surface area contributed by atoms with Crippen molar-refractivity contribution in [3.05, 3.63) is 76.7 Å². The van der Waals surface area contributed by atoms with Crippen LogP contribution in [0.1, 0.15) is 35.8 Å². The molecule has 1 fully saturated rings. The molecule has 142 valence electrons. The maximum atomic E-state index is 14.6. The fraction of sp³-hybridized carbons (Fsp3) is 0.190. The van der Waals surface area contributed by atoms with Gasteiger partial charge in [0.15, 0.2) is 5.89 Å². The largest absolute Gasteiger partial charge is 0.449 e. The number of imide groups is 1. The fourth-order valence-corrected chi connectivity index (χ4v) is 3.76. The van der Waals surface area contributed by atoms with Gasteiger partial charge < -0.3 is 4.42 Å². The molecule has 0 aliphatic carbocycles. The van der Waals surface area contributed by atoms with Crippen molar-refractivity contribution in [3.63, 3.8) is 0 Å². The van der Waals surface area contributed by atoms with Crippen LogP contribution in [0.5, 0.6) is 0 Å². The highest BCUT2D eigenvalue weighted by atomic mass is 35.5. The molecule has 2 heterocycles. The summed E-state index contributed by atoms with van der Waals surface area (Å²) in [6.45, 7) is 0. The molecule has 0 saturated carbocycles. The van der Waals surface area contributed by atoms with Crippen LogP contribution in [0.2, 0.25) is 5.02 Å². The van der Waals surface area contributed by atoms with Crippen LogP contribution in [0.4, 0.5) is 4.39 Å². The number of aromatic nitrogens is 1. The van der Waals surface area contributed by atoms with Gasteiger partial charge in [0, 0.05) is 12.0 Å². The summed E-state index contributed by atoms with van der Waals surface area (Å²) in [4.78, 5) is 27.6. The first kappa shape index (κ1) is 18.4. The number of hydrogen-bond acceptors (Lipinski definition) is 4. The summed E-state index contributed by atoms with van der Waals surface area (Å²) >= 11 is 6.57. The Morgan fingerprint density at radius 1 is 1.25 bits per heavy atom. The van der Waals surface area contributed by atoms with Crippen LogP contribution in [0.3, 0.4) is 0 Å². The van der Waals surface area contributed by atoms with Crippen molar-refractivity contribution in [2.45, 2.75) is 25.2 Å². The Kier molecular flexibility index (Phi) is 4.96. The molecule has 5 nitrogen and oxygen atoms in total. The van der Waals surface area contributed by atoms with Crippen LogP contribution < -0.4 is 5.32 Å². The van der Waals surface area contributed by atoms with Gasteiger partial charge in [-0.15, -0.1) is 0 Å². The lowest BCUT2D eigenvalue weighted by molar-refractivity contribution is -0.134. The molecule has 2 aromatic carbocycles. The molecule has 1 atom stereocenters. The molecule has 0 bridgehead atoms.